The Morgan fingerprint density at radius 1 is 0.700 bits per heavy atom. The summed E-state index contributed by atoms with van der Waals surface area (Å²) in [4.78, 5) is 24.7. The molecule has 6 nitrogen and oxygen atoms in total. The van der Waals surface area contributed by atoms with Crippen LogP contribution >= 0.6 is 0 Å². The molecule has 0 rings (SSSR count). The third-order valence-corrected chi connectivity index (χ3v) is 0. The van der Waals surface area contributed by atoms with E-state index in [-0.39, 0.29) is 41.3 Å². The third-order valence-electron chi connectivity index (χ3n) is 0. The van der Waals surface area contributed by atoms with Gasteiger partial charge in [-0.25, -0.2) is 0 Å². The van der Waals surface area contributed by atoms with Crippen molar-refractivity contribution in [3.05, 3.63) is 0 Å². The third kappa shape index (κ3) is 6960. The molecule has 0 aliphatic rings. The average molecular weight is 276 g/mol. The van der Waals surface area contributed by atoms with E-state index >= 15 is 0 Å². The van der Waals surface area contributed by atoms with Crippen molar-refractivity contribution in [1.82, 2.24) is 0 Å². The van der Waals surface area contributed by atoms with Gasteiger partial charge in [-0.05, 0) is 0 Å². The molecule has 0 aromatic carbocycles. The van der Waals surface area contributed by atoms with Crippen LogP contribution in [0, 0.1) is 41.3 Å². The predicted octanol–water partition coefficient (Wildman–Crippen LogP) is -1.17. The molecular formula is C3H3O6Pr. The molecule has 3 N–H and O–H groups in total. The molecule has 0 fully saturated rings. The molecule has 0 spiro atoms. The van der Waals surface area contributed by atoms with Gasteiger partial charge in [0.2, 0.25) is 0 Å². The summed E-state index contributed by atoms with van der Waals surface area (Å²) in [7, 11) is 0. The Balaban J connectivity index is -0.0000000257. The Hall–Kier alpha value is -0.226. The Kier molecular flexibility index (Phi) is 156. The van der Waals surface area contributed by atoms with E-state index in [1.54, 1.807) is 0 Å². The molecule has 0 heterocycles. The minimum Gasteiger partial charge on any atom is -0.665 e. The number of rotatable bonds is 0. The van der Waals surface area contributed by atoms with E-state index in [2.05, 4.69) is 0 Å². The molecule has 0 radical (unpaired) electrons. The van der Waals surface area contributed by atoms with Crippen LogP contribution in [0.15, 0.2) is 0 Å². The van der Waals surface area contributed by atoms with E-state index in [0.717, 1.165) is 0 Å². The second-order valence-electron chi connectivity index (χ2n) is 0.274. The molecule has 0 amide bonds. The summed E-state index contributed by atoms with van der Waals surface area (Å²) in [5, 5.41) is 20.3. The summed E-state index contributed by atoms with van der Waals surface area (Å²) < 4.78 is 0. The van der Waals surface area contributed by atoms with E-state index in [1.165, 1.54) is 0 Å². The minimum absolute atomic E-state index is 0. The molecule has 0 aliphatic heterocycles. The summed E-state index contributed by atoms with van der Waals surface area (Å²) in [6.45, 7) is 1.50. The van der Waals surface area contributed by atoms with Gasteiger partial charge in [0, 0.05) is 0 Å². The van der Waals surface area contributed by atoms with Crippen LogP contribution in [-0.4, -0.2) is 34.7 Å². The topological polar surface area (TPSA) is 112 Å². The van der Waals surface area contributed by atoms with Gasteiger partial charge >= 0.3 is 41.3 Å². The van der Waals surface area contributed by atoms with Crippen LogP contribution in [-0.2, 0) is 14.4 Å². The molecule has 0 aliphatic carbocycles. The molecule has 10 heavy (non-hydrogen) atoms. The SMILES string of the molecule is O=[C-]O.O=[C-]O.O=[C-]O.[Pr+3]. The zero-order valence-corrected chi connectivity index (χ0v) is 8.35. The summed E-state index contributed by atoms with van der Waals surface area (Å²) in [6, 6.07) is 0. The van der Waals surface area contributed by atoms with Gasteiger partial charge in [-0.15, -0.1) is 0 Å². The van der Waals surface area contributed by atoms with Gasteiger partial charge in [0.05, 0.1) is 0 Å². The first-order valence-electron chi connectivity index (χ1n) is 1.28. The fraction of sp³-hybridized carbons (Fsp3) is 0. The van der Waals surface area contributed by atoms with Crippen LogP contribution in [0.2, 0.25) is 0 Å². The van der Waals surface area contributed by atoms with E-state index in [4.69, 9.17) is 29.7 Å². The van der Waals surface area contributed by atoms with Crippen molar-refractivity contribution in [3.63, 3.8) is 0 Å². The first-order chi connectivity index (χ1) is 4.24. The first kappa shape index (κ1) is 22.6. The summed E-state index contributed by atoms with van der Waals surface area (Å²) in [5.74, 6) is 0. The second kappa shape index (κ2) is 68.9. The number of hydrogen-bond acceptors (Lipinski definition) is 3. The second-order valence-corrected chi connectivity index (χ2v) is 0.274. The predicted molar refractivity (Wildman–Crippen MR) is 25.0 cm³/mol. The summed E-state index contributed by atoms with van der Waals surface area (Å²) in [5.41, 5.74) is 0. The maximum atomic E-state index is 8.24. The largest absolute Gasteiger partial charge is 3.00 e. The Morgan fingerprint density at radius 2 is 0.700 bits per heavy atom. The van der Waals surface area contributed by atoms with Crippen molar-refractivity contribution in [1.29, 1.82) is 0 Å². The molecule has 0 saturated carbocycles. The van der Waals surface area contributed by atoms with E-state index in [9.17, 15) is 0 Å². The molecule has 7 heteroatoms. The van der Waals surface area contributed by atoms with Crippen LogP contribution in [0.3, 0.4) is 0 Å². The zero-order chi connectivity index (χ0) is 8.12. The smallest absolute Gasteiger partial charge is 0.665 e. The van der Waals surface area contributed by atoms with Gasteiger partial charge in [-0.2, -0.15) is 0 Å². The van der Waals surface area contributed by atoms with Crippen molar-refractivity contribution in [2.24, 2.45) is 0 Å². The maximum Gasteiger partial charge on any atom is 3.00 e. The molecule has 54 valence electrons. The van der Waals surface area contributed by atoms with Gasteiger partial charge in [-0.1, -0.05) is 19.4 Å². The molecule has 0 aromatic rings. The van der Waals surface area contributed by atoms with Gasteiger partial charge in [0.25, 0.3) is 0 Å². The number of aliphatic hydroxyl groups excluding tert-OH is 3. The fourth-order valence-electron chi connectivity index (χ4n) is 0. The van der Waals surface area contributed by atoms with Crippen molar-refractivity contribution in [2.45, 2.75) is 0 Å². The minimum atomic E-state index is 0. The molecule has 0 saturated heterocycles. The molecular weight excluding hydrogens is 273 g/mol. The van der Waals surface area contributed by atoms with E-state index in [1.807, 2.05) is 0 Å². The standard InChI is InChI=1S/3CHO2.Pr/c3*2-1-3;/h3*(H,2,3);/q3*-1;+3. The van der Waals surface area contributed by atoms with Gasteiger partial charge in [0.15, 0.2) is 0 Å². The van der Waals surface area contributed by atoms with Crippen LogP contribution in [0.25, 0.3) is 0 Å². The Morgan fingerprint density at radius 3 is 0.700 bits per heavy atom. The Bertz CT molecular complexity index is 49.7. The van der Waals surface area contributed by atoms with Crippen molar-refractivity contribution in [2.75, 3.05) is 0 Å². The van der Waals surface area contributed by atoms with Gasteiger partial charge < -0.3 is 29.7 Å². The monoisotopic (exact) mass is 276 g/mol. The molecule has 0 bridgehead atoms. The van der Waals surface area contributed by atoms with Crippen molar-refractivity contribution in [3.8, 4) is 0 Å². The van der Waals surface area contributed by atoms with E-state index in [0.29, 0.717) is 19.4 Å². The zero-order valence-electron chi connectivity index (χ0n) is 4.64. The van der Waals surface area contributed by atoms with Crippen LogP contribution < -0.4 is 0 Å². The van der Waals surface area contributed by atoms with Gasteiger partial charge in [0.1, 0.15) is 0 Å². The van der Waals surface area contributed by atoms with Crippen molar-refractivity contribution < 1.29 is 71.0 Å². The molecule has 0 unspecified atom stereocenters. The normalized spacial score (nSPS) is 3.60. The van der Waals surface area contributed by atoms with Crippen molar-refractivity contribution >= 4 is 19.4 Å². The summed E-state index contributed by atoms with van der Waals surface area (Å²) in [6.07, 6.45) is 0. The molecule has 0 atom stereocenters. The van der Waals surface area contributed by atoms with Crippen LogP contribution in [0.5, 0.6) is 0 Å². The maximum absolute atomic E-state index is 8.24. The first-order valence-corrected chi connectivity index (χ1v) is 1.28. The average Bonchev–Trinajstić information content (AvgIpc) is 1.70. The quantitative estimate of drug-likeness (QED) is 0.481. The molecule has 0 aromatic heterocycles. The van der Waals surface area contributed by atoms with Crippen LogP contribution in [0.1, 0.15) is 0 Å². The van der Waals surface area contributed by atoms with Gasteiger partial charge in [-0.3, -0.25) is 0 Å². The summed E-state index contributed by atoms with van der Waals surface area (Å²) >= 11 is 0. The fourth-order valence-corrected chi connectivity index (χ4v) is 0. The Labute approximate surface area is 89.8 Å². The number of hydrogen-bond donors (Lipinski definition) is 3. The van der Waals surface area contributed by atoms with E-state index < -0.39 is 0 Å². The van der Waals surface area contributed by atoms with Crippen LogP contribution in [0.4, 0.5) is 0 Å².